The third kappa shape index (κ3) is 1.75. The number of carbonyl (C=O) groups excluding carboxylic acids is 1. The predicted octanol–water partition coefficient (Wildman–Crippen LogP) is 3.36. The van der Waals surface area contributed by atoms with Gasteiger partial charge in [0.05, 0.1) is 16.6 Å². The van der Waals surface area contributed by atoms with Gasteiger partial charge >= 0.3 is 0 Å². The van der Waals surface area contributed by atoms with Gasteiger partial charge in [-0.1, -0.05) is 36.4 Å². The topological polar surface area (TPSA) is 60.4 Å². The van der Waals surface area contributed by atoms with E-state index in [9.17, 15) is 4.79 Å². The SMILES string of the molecule is Nc1c(C(=O)c2ccccc2)sc2nn3ccccc3c12. The Hall–Kier alpha value is -2.66. The van der Waals surface area contributed by atoms with E-state index in [1.807, 2.05) is 42.6 Å². The van der Waals surface area contributed by atoms with E-state index in [4.69, 9.17) is 5.73 Å². The normalized spacial score (nSPS) is 11.2. The lowest BCUT2D eigenvalue weighted by molar-refractivity contribution is 0.104. The zero-order valence-electron chi connectivity index (χ0n) is 11.0. The van der Waals surface area contributed by atoms with Crippen LogP contribution in [0.3, 0.4) is 0 Å². The summed E-state index contributed by atoms with van der Waals surface area (Å²) in [5.41, 5.74) is 8.31. The Morgan fingerprint density at radius 3 is 2.67 bits per heavy atom. The summed E-state index contributed by atoms with van der Waals surface area (Å²) in [5, 5.41) is 5.34. The Morgan fingerprint density at radius 1 is 1.10 bits per heavy atom. The van der Waals surface area contributed by atoms with Crippen LogP contribution < -0.4 is 5.73 Å². The largest absolute Gasteiger partial charge is 0.397 e. The molecule has 0 saturated carbocycles. The van der Waals surface area contributed by atoms with E-state index < -0.39 is 0 Å². The van der Waals surface area contributed by atoms with Crippen LogP contribution in [0.15, 0.2) is 54.7 Å². The van der Waals surface area contributed by atoms with Crippen LogP contribution in [0.25, 0.3) is 15.7 Å². The van der Waals surface area contributed by atoms with Crippen molar-refractivity contribution in [3.05, 3.63) is 65.2 Å². The highest BCUT2D eigenvalue weighted by atomic mass is 32.1. The molecule has 4 nitrogen and oxygen atoms in total. The first-order valence-electron chi connectivity index (χ1n) is 6.51. The third-order valence-corrected chi connectivity index (χ3v) is 4.55. The molecule has 0 spiro atoms. The molecule has 21 heavy (non-hydrogen) atoms. The number of ketones is 1. The number of nitrogens with two attached hydrogens (primary N) is 1. The number of anilines is 1. The molecule has 5 heteroatoms. The minimum absolute atomic E-state index is 0.0508. The van der Waals surface area contributed by atoms with Gasteiger partial charge in [0.1, 0.15) is 9.71 Å². The Labute approximate surface area is 124 Å². The molecule has 0 aliphatic heterocycles. The number of benzene rings is 1. The maximum atomic E-state index is 12.6. The summed E-state index contributed by atoms with van der Waals surface area (Å²) in [7, 11) is 0. The first-order chi connectivity index (χ1) is 10.3. The fraction of sp³-hybridized carbons (Fsp3) is 0. The van der Waals surface area contributed by atoms with Gasteiger partial charge in [-0.3, -0.25) is 4.79 Å². The quantitative estimate of drug-likeness (QED) is 0.576. The summed E-state index contributed by atoms with van der Waals surface area (Å²) in [6, 6.07) is 15.0. The molecule has 0 bridgehead atoms. The van der Waals surface area contributed by atoms with Gasteiger partial charge in [-0.05, 0) is 12.1 Å². The lowest BCUT2D eigenvalue weighted by Crippen LogP contribution is -2.01. The smallest absolute Gasteiger partial charge is 0.205 e. The van der Waals surface area contributed by atoms with Crippen molar-refractivity contribution in [3.63, 3.8) is 0 Å². The Morgan fingerprint density at radius 2 is 1.86 bits per heavy atom. The van der Waals surface area contributed by atoms with Gasteiger partial charge in [0.15, 0.2) is 0 Å². The molecule has 102 valence electrons. The number of pyridine rings is 1. The second kappa shape index (κ2) is 4.43. The first kappa shape index (κ1) is 12.1. The molecule has 0 saturated heterocycles. The molecular formula is C16H11N3OS. The second-order valence-corrected chi connectivity index (χ2v) is 5.75. The molecular weight excluding hydrogens is 282 g/mol. The van der Waals surface area contributed by atoms with E-state index in [1.165, 1.54) is 11.3 Å². The summed E-state index contributed by atoms with van der Waals surface area (Å²) in [6.07, 6.45) is 1.88. The minimum atomic E-state index is -0.0508. The number of aromatic nitrogens is 2. The van der Waals surface area contributed by atoms with Crippen molar-refractivity contribution in [2.45, 2.75) is 0 Å². The number of hydrogen-bond acceptors (Lipinski definition) is 4. The summed E-state index contributed by atoms with van der Waals surface area (Å²) in [6.45, 7) is 0. The Balaban J connectivity index is 1.95. The third-order valence-electron chi connectivity index (χ3n) is 3.46. The van der Waals surface area contributed by atoms with Gasteiger partial charge < -0.3 is 5.73 Å². The number of carbonyl (C=O) groups is 1. The minimum Gasteiger partial charge on any atom is -0.397 e. The highest BCUT2D eigenvalue weighted by Crippen LogP contribution is 2.37. The first-order valence-corrected chi connectivity index (χ1v) is 7.32. The van der Waals surface area contributed by atoms with Crippen LogP contribution in [0, 0.1) is 0 Å². The summed E-state index contributed by atoms with van der Waals surface area (Å²) >= 11 is 1.35. The summed E-state index contributed by atoms with van der Waals surface area (Å²) in [4.78, 5) is 13.9. The number of thiophene rings is 1. The molecule has 0 amide bonds. The number of rotatable bonds is 2. The van der Waals surface area contributed by atoms with Crippen molar-refractivity contribution in [1.82, 2.24) is 9.61 Å². The Kier molecular flexibility index (Phi) is 2.55. The number of hydrogen-bond donors (Lipinski definition) is 1. The Bertz CT molecular complexity index is 969. The molecule has 4 aromatic rings. The van der Waals surface area contributed by atoms with Crippen LogP contribution in [0.2, 0.25) is 0 Å². The van der Waals surface area contributed by atoms with E-state index in [1.54, 1.807) is 16.6 Å². The highest BCUT2D eigenvalue weighted by molar-refractivity contribution is 7.21. The maximum Gasteiger partial charge on any atom is 0.205 e. The van der Waals surface area contributed by atoms with Gasteiger partial charge in [-0.25, -0.2) is 4.52 Å². The lowest BCUT2D eigenvalue weighted by Gasteiger charge is -2.00. The van der Waals surface area contributed by atoms with Gasteiger partial charge in [-0.2, -0.15) is 5.10 Å². The molecule has 2 N–H and O–H groups in total. The van der Waals surface area contributed by atoms with Crippen LogP contribution >= 0.6 is 11.3 Å². The molecule has 3 aromatic heterocycles. The number of nitrogens with zero attached hydrogens (tertiary/aromatic N) is 2. The van der Waals surface area contributed by atoms with Gasteiger partial charge in [0, 0.05) is 11.8 Å². The zero-order chi connectivity index (χ0) is 14.4. The maximum absolute atomic E-state index is 12.6. The number of nitrogen functional groups attached to an aromatic ring is 1. The van der Waals surface area contributed by atoms with E-state index >= 15 is 0 Å². The molecule has 3 heterocycles. The van der Waals surface area contributed by atoms with E-state index in [0.717, 1.165) is 15.7 Å². The lowest BCUT2D eigenvalue weighted by atomic mass is 10.1. The van der Waals surface area contributed by atoms with E-state index in [-0.39, 0.29) is 5.78 Å². The molecule has 0 fully saturated rings. The van der Waals surface area contributed by atoms with Crippen LogP contribution in [0.4, 0.5) is 5.69 Å². The molecule has 0 radical (unpaired) electrons. The summed E-state index contributed by atoms with van der Waals surface area (Å²) in [5.74, 6) is -0.0508. The molecule has 4 rings (SSSR count). The summed E-state index contributed by atoms with van der Waals surface area (Å²) < 4.78 is 1.79. The number of fused-ring (bicyclic) bond motifs is 3. The fourth-order valence-corrected chi connectivity index (χ4v) is 3.52. The van der Waals surface area contributed by atoms with E-state index in [2.05, 4.69) is 5.10 Å². The molecule has 0 aliphatic rings. The standard InChI is InChI=1S/C16H11N3OS/c17-13-12-11-8-4-5-9-19(11)18-16(12)21-15(13)14(20)10-6-2-1-3-7-10/h1-9H,17H2. The van der Waals surface area contributed by atoms with Gasteiger partial charge in [0.25, 0.3) is 0 Å². The van der Waals surface area contributed by atoms with Crippen molar-refractivity contribution >= 4 is 38.5 Å². The van der Waals surface area contributed by atoms with Crippen molar-refractivity contribution in [2.24, 2.45) is 0 Å². The monoisotopic (exact) mass is 293 g/mol. The van der Waals surface area contributed by atoms with Crippen LogP contribution in [0.5, 0.6) is 0 Å². The van der Waals surface area contributed by atoms with Gasteiger partial charge in [-0.15, -0.1) is 11.3 Å². The van der Waals surface area contributed by atoms with Crippen LogP contribution in [0.1, 0.15) is 15.2 Å². The molecule has 0 aliphatic carbocycles. The van der Waals surface area contributed by atoms with Crippen molar-refractivity contribution in [3.8, 4) is 0 Å². The van der Waals surface area contributed by atoms with Crippen molar-refractivity contribution in [1.29, 1.82) is 0 Å². The molecule has 0 unspecified atom stereocenters. The van der Waals surface area contributed by atoms with Crippen LogP contribution in [-0.2, 0) is 0 Å². The average molecular weight is 293 g/mol. The second-order valence-electron chi connectivity index (χ2n) is 4.75. The predicted molar refractivity (Wildman–Crippen MR) is 84.9 cm³/mol. The van der Waals surface area contributed by atoms with Crippen molar-refractivity contribution in [2.75, 3.05) is 5.73 Å². The fourth-order valence-electron chi connectivity index (χ4n) is 2.46. The van der Waals surface area contributed by atoms with Crippen LogP contribution in [-0.4, -0.2) is 15.4 Å². The van der Waals surface area contributed by atoms with Crippen molar-refractivity contribution < 1.29 is 4.79 Å². The molecule has 1 aromatic carbocycles. The van der Waals surface area contributed by atoms with Gasteiger partial charge in [0.2, 0.25) is 5.78 Å². The average Bonchev–Trinajstić information content (AvgIpc) is 3.04. The highest BCUT2D eigenvalue weighted by Gasteiger charge is 2.21. The molecule has 0 atom stereocenters. The zero-order valence-corrected chi connectivity index (χ0v) is 11.8. The van der Waals surface area contributed by atoms with E-state index in [0.29, 0.717) is 16.1 Å².